The van der Waals surface area contributed by atoms with Crippen molar-refractivity contribution in [1.82, 2.24) is 3.97 Å². The molecule has 4 nitrogen and oxygen atoms in total. The third-order valence-corrected chi connectivity index (χ3v) is 5.40. The number of benzene rings is 2. The molecule has 0 spiro atoms. The fourth-order valence-corrected chi connectivity index (χ4v) is 3.99. The zero-order valence-electron chi connectivity index (χ0n) is 12.5. The molecule has 0 unspecified atom stereocenters. The molecule has 0 fully saturated rings. The number of hydrogen-bond acceptors (Lipinski definition) is 3. The summed E-state index contributed by atoms with van der Waals surface area (Å²) in [5, 5.41) is 0.856. The van der Waals surface area contributed by atoms with Gasteiger partial charge in [-0.25, -0.2) is 12.4 Å². The summed E-state index contributed by atoms with van der Waals surface area (Å²) in [7, 11) is -3.61. The van der Waals surface area contributed by atoms with E-state index in [0.717, 1.165) is 10.9 Å². The van der Waals surface area contributed by atoms with Crippen LogP contribution >= 0.6 is 0 Å². The number of hydrogen-bond donors (Lipinski definition) is 1. The lowest BCUT2D eigenvalue weighted by atomic mass is 9.93. The second-order valence-electron chi connectivity index (χ2n) is 5.89. The number of fused-ring (bicyclic) bond motifs is 1. The van der Waals surface area contributed by atoms with Gasteiger partial charge in [0.1, 0.15) is 0 Å². The van der Waals surface area contributed by atoms with Crippen LogP contribution in [-0.4, -0.2) is 12.4 Å². The first-order chi connectivity index (χ1) is 10.3. The predicted octanol–water partition coefficient (Wildman–Crippen LogP) is 3.07. The summed E-state index contributed by atoms with van der Waals surface area (Å²) < 4.78 is 26.9. The van der Waals surface area contributed by atoms with Gasteiger partial charge in [-0.1, -0.05) is 30.3 Å². The Balaban J connectivity index is 2.27. The monoisotopic (exact) mass is 314 g/mol. The van der Waals surface area contributed by atoms with Crippen molar-refractivity contribution in [3.8, 4) is 0 Å². The molecule has 0 atom stereocenters. The largest absolute Gasteiger partial charge is 0.322 e. The Labute approximate surface area is 130 Å². The molecule has 0 aliphatic rings. The van der Waals surface area contributed by atoms with Crippen LogP contribution in [0, 0.1) is 0 Å². The topological polar surface area (TPSA) is 65.1 Å². The number of nitrogens with zero attached hydrogens (tertiary/aromatic N) is 1. The molecule has 1 heterocycles. The Morgan fingerprint density at radius 3 is 2.27 bits per heavy atom. The summed E-state index contributed by atoms with van der Waals surface area (Å²) in [6.45, 7) is 3.82. The molecule has 2 N–H and O–H groups in total. The highest BCUT2D eigenvalue weighted by Crippen LogP contribution is 2.29. The highest BCUT2D eigenvalue weighted by Gasteiger charge is 2.22. The Morgan fingerprint density at radius 2 is 1.64 bits per heavy atom. The smallest absolute Gasteiger partial charge is 0.268 e. The molecule has 3 rings (SSSR count). The van der Waals surface area contributed by atoms with Gasteiger partial charge in [0.05, 0.1) is 10.4 Å². The van der Waals surface area contributed by atoms with Crippen LogP contribution in [0.1, 0.15) is 19.4 Å². The fraction of sp³-hybridized carbons (Fsp3) is 0.176. The van der Waals surface area contributed by atoms with Gasteiger partial charge in [-0.15, -0.1) is 0 Å². The summed E-state index contributed by atoms with van der Waals surface area (Å²) in [6.07, 6.45) is 1.59. The van der Waals surface area contributed by atoms with Crippen molar-refractivity contribution >= 4 is 20.9 Å². The molecule has 2 aromatic carbocycles. The van der Waals surface area contributed by atoms with Crippen LogP contribution in [0.4, 0.5) is 0 Å². The average molecular weight is 314 g/mol. The van der Waals surface area contributed by atoms with E-state index in [1.165, 1.54) is 3.97 Å². The highest BCUT2D eigenvalue weighted by atomic mass is 32.2. The molecule has 0 aliphatic heterocycles. The lowest BCUT2D eigenvalue weighted by Crippen LogP contribution is -2.28. The van der Waals surface area contributed by atoms with E-state index < -0.39 is 15.6 Å². The van der Waals surface area contributed by atoms with Crippen LogP contribution in [0.15, 0.2) is 65.7 Å². The van der Waals surface area contributed by atoms with Gasteiger partial charge in [0.15, 0.2) is 0 Å². The zero-order valence-corrected chi connectivity index (χ0v) is 13.3. The van der Waals surface area contributed by atoms with Gasteiger partial charge in [-0.2, -0.15) is 0 Å². The van der Waals surface area contributed by atoms with Gasteiger partial charge in [-0.05, 0) is 43.7 Å². The Hall–Kier alpha value is -2.11. The molecular weight excluding hydrogens is 296 g/mol. The maximum atomic E-state index is 12.8. The van der Waals surface area contributed by atoms with E-state index >= 15 is 0 Å². The molecule has 0 radical (unpaired) electrons. The molecule has 114 valence electrons. The lowest BCUT2D eigenvalue weighted by molar-refractivity contribution is 0.559. The molecule has 0 bridgehead atoms. The van der Waals surface area contributed by atoms with E-state index in [0.29, 0.717) is 5.52 Å². The van der Waals surface area contributed by atoms with E-state index in [9.17, 15) is 8.42 Å². The Morgan fingerprint density at radius 1 is 0.955 bits per heavy atom. The summed E-state index contributed by atoms with van der Waals surface area (Å²) in [6, 6.07) is 15.8. The molecule has 0 saturated heterocycles. The number of rotatable bonds is 3. The lowest BCUT2D eigenvalue weighted by Gasteiger charge is -2.20. The van der Waals surface area contributed by atoms with E-state index in [1.807, 2.05) is 26.0 Å². The molecule has 0 saturated carbocycles. The van der Waals surface area contributed by atoms with Crippen molar-refractivity contribution in [2.24, 2.45) is 5.73 Å². The van der Waals surface area contributed by atoms with Crippen LogP contribution < -0.4 is 5.73 Å². The van der Waals surface area contributed by atoms with Crippen molar-refractivity contribution in [2.75, 3.05) is 0 Å². The van der Waals surface area contributed by atoms with Gasteiger partial charge in [0, 0.05) is 17.1 Å². The standard InChI is InChI=1S/C17H18N2O2S/c1-17(2,18)15-9-6-10-16-14(15)11-12-19(16)22(20,21)13-7-4-3-5-8-13/h3-12H,18H2,1-2H3. The molecule has 0 amide bonds. The molecular formula is C17H18N2O2S. The van der Waals surface area contributed by atoms with E-state index in [2.05, 4.69) is 0 Å². The van der Waals surface area contributed by atoms with Gasteiger partial charge >= 0.3 is 0 Å². The van der Waals surface area contributed by atoms with E-state index in [1.54, 1.807) is 48.7 Å². The number of nitrogens with two attached hydrogens (primary N) is 1. The maximum Gasteiger partial charge on any atom is 0.268 e. The van der Waals surface area contributed by atoms with E-state index in [-0.39, 0.29) is 4.90 Å². The van der Waals surface area contributed by atoms with Crippen molar-refractivity contribution in [3.63, 3.8) is 0 Å². The molecule has 1 aromatic heterocycles. The van der Waals surface area contributed by atoms with Crippen LogP contribution in [0.2, 0.25) is 0 Å². The van der Waals surface area contributed by atoms with Crippen LogP contribution in [0.25, 0.3) is 10.9 Å². The normalized spacial score (nSPS) is 12.7. The fourth-order valence-electron chi connectivity index (χ4n) is 2.62. The predicted molar refractivity (Wildman–Crippen MR) is 88.2 cm³/mol. The summed E-state index contributed by atoms with van der Waals surface area (Å²) >= 11 is 0. The summed E-state index contributed by atoms with van der Waals surface area (Å²) in [4.78, 5) is 0.268. The summed E-state index contributed by atoms with van der Waals surface area (Å²) in [5.41, 5.74) is 7.22. The SMILES string of the molecule is CC(C)(N)c1cccc2c1ccn2S(=O)(=O)c1ccccc1. The second-order valence-corrected chi connectivity index (χ2v) is 7.70. The second kappa shape index (κ2) is 4.97. The van der Waals surface area contributed by atoms with E-state index in [4.69, 9.17) is 5.73 Å². The van der Waals surface area contributed by atoms with Gasteiger partial charge in [0.25, 0.3) is 10.0 Å². The molecule has 5 heteroatoms. The van der Waals surface area contributed by atoms with Crippen LogP contribution in [0.3, 0.4) is 0 Å². The third kappa shape index (κ3) is 2.32. The maximum absolute atomic E-state index is 12.8. The molecule has 3 aromatic rings. The first-order valence-corrected chi connectivity index (χ1v) is 8.46. The van der Waals surface area contributed by atoms with Gasteiger partial charge in [0.2, 0.25) is 0 Å². The van der Waals surface area contributed by atoms with Gasteiger partial charge < -0.3 is 5.73 Å². The highest BCUT2D eigenvalue weighted by molar-refractivity contribution is 7.90. The number of aromatic nitrogens is 1. The Kier molecular flexibility index (Phi) is 3.34. The van der Waals surface area contributed by atoms with Crippen molar-refractivity contribution in [1.29, 1.82) is 0 Å². The van der Waals surface area contributed by atoms with Crippen LogP contribution in [0.5, 0.6) is 0 Å². The minimum Gasteiger partial charge on any atom is -0.322 e. The average Bonchev–Trinajstić information content (AvgIpc) is 2.91. The quantitative estimate of drug-likeness (QED) is 0.808. The first kappa shape index (κ1) is 14.8. The van der Waals surface area contributed by atoms with Crippen LogP contribution in [-0.2, 0) is 15.6 Å². The molecule has 0 aliphatic carbocycles. The minimum absolute atomic E-state index is 0.268. The zero-order chi connectivity index (χ0) is 16.0. The van der Waals surface area contributed by atoms with Crippen molar-refractivity contribution in [3.05, 3.63) is 66.4 Å². The van der Waals surface area contributed by atoms with Crippen molar-refractivity contribution < 1.29 is 8.42 Å². The van der Waals surface area contributed by atoms with Crippen molar-refractivity contribution in [2.45, 2.75) is 24.3 Å². The summed E-state index contributed by atoms with van der Waals surface area (Å²) in [5.74, 6) is 0. The first-order valence-electron chi connectivity index (χ1n) is 7.02. The van der Waals surface area contributed by atoms with Gasteiger partial charge in [-0.3, -0.25) is 0 Å². The molecule has 22 heavy (non-hydrogen) atoms. The minimum atomic E-state index is -3.61. The Bertz CT molecular complexity index is 920. The third-order valence-electron chi connectivity index (χ3n) is 3.69.